The number of aromatic nitrogens is 1. The zero-order valence-electron chi connectivity index (χ0n) is 7.25. The van der Waals surface area contributed by atoms with Crippen LogP contribution in [0.4, 0.5) is 0 Å². The lowest BCUT2D eigenvalue weighted by Crippen LogP contribution is -2.29. The lowest BCUT2D eigenvalue weighted by atomic mass is 9.79. The topological polar surface area (TPSA) is 73.6 Å². The number of hydrogen-bond donors (Lipinski definition) is 3. The van der Waals surface area contributed by atoms with Crippen molar-refractivity contribution in [2.24, 2.45) is 0 Å². The molecule has 70 valence electrons. The molecule has 3 N–H and O–H groups in total. The molecule has 5 heteroatoms. The summed E-state index contributed by atoms with van der Waals surface area (Å²) in [5, 5.41) is 28.1. The minimum atomic E-state index is -1.58. The smallest absolute Gasteiger partial charge is 0.488 e. The Morgan fingerprint density at radius 1 is 1.21 bits per heavy atom. The summed E-state index contributed by atoms with van der Waals surface area (Å²) in [5.74, 6) is -0.0498. The van der Waals surface area contributed by atoms with E-state index in [-0.39, 0.29) is 11.2 Å². The normalized spacial score (nSPS) is 10.4. The van der Waals surface area contributed by atoms with Crippen LogP contribution in [0, 0.1) is 0 Å². The van der Waals surface area contributed by atoms with Gasteiger partial charge >= 0.3 is 7.12 Å². The second-order valence-electron chi connectivity index (χ2n) is 2.99. The van der Waals surface area contributed by atoms with Crippen LogP contribution < -0.4 is 5.46 Å². The van der Waals surface area contributed by atoms with Gasteiger partial charge in [-0.15, -0.1) is 0 Å². The van der Waals surface area contributed by atoms with Crippen LogP contribution in [-0.4, -0.2) is 27.3 Å². The van der Waals surface area contributed by atoms with Crippen LogP contribution in [0.2, 0.25) is 0 Å². The van der Waals surface area contributed by atoms with E-state index in [1.165, 1.54) is 6.07 Å². The first-order valence-electron chi connectivity index (χ1n) is 4.12. The summed E-state index contributed by atoms with van der Waals surface area (Å²) in [6, 6.07) is 6.33. The molecule has 0 radical (unpaired) electrons. The zero-order chi connectivity index (χ0) is 10.1. The largest absolute Gasteiger partial charge is 0.506 e. The Balaban J connectivity index is 2.72. The first-order chi connectivity index (χ1) is 6.68. The Morgan fingerprint density at radius 2 is 2.00 bits per heavy atom. The summed E-state index contributed by atoms with van der Waals surface area (Å²) >= 11 is 0. The third kappa shape index (κ3) is 1.43. The second-order valence-corrected chi connectivity index (χ2v) is 2.99. The summed E-state index contributed by atoms with van der Waals surface area (Å²) in [4.78, 5) is 3.97. The third-order valence-corrected chi connectivity index (χ3v) is 2.01. The van der Waals surface area contributed by atoms with Crippen molar-refractivity contribution in [3.63, 3.8) is 0 Å². The van der Waals surface area contributed by atoms with Crippen molar-refractivity contribution < 1.29 is 15.2 Å². The molecule has 2 rings (SSSR count). The molecule has 1 heterocycles. The van der Waals surface area contributed by atoms with Crippen LogP contribution in [0.1, 0.15) is 0 Å². The van der Waals surface area contributed by atoms with E-state index in [2.05, 4.69) is 4.98 Å². The number of phenolic OH excluding ortho intramolecular Hbond substituents is 1. The van der Waals surface area contributed by atoms with Crippen LogP contribution in [-0.2, 0) is 0 Å². The monoisotopic (exact) mass is 189 g/mol. The maximum atomic E-state index is 9.52. The van der Waals surface area contributed by atoms with Gasteiger partial charge in [-0.05, 0) is 17.6 Å². The van der Waals surface area contributed by atoms with Gasteiger partial charge in [0.05, 0.1) is 0 Å². The van der Waals surface area contributed by atoms with Crippen molar-refractivity contribution in [1.82, 2.24) is 4.98 Å². The van der Waals surface area contributed by atoms with E-state index in [9.17, 15) is 5.11 Å². The maximum absolute atomic E-state index is 9.52. The summed E-state index contributed by atoms with van der Waals surface area (Å²) in [6.45, 7) is 0. The Bertz CT molecular complexity index is 473. The van der Waals surface area contributed by atoms with Gasteiger partial charge in [-0.2, -0.15) is 0 Å². The molecule has 0 atom stereocenters. The highest BCUT2D eigenvalue weighted by Crippen LogP contribution is 2.19. The molecule has 0 saturated heterocycles. The predicted molar refractivity (Wildman–Crippen MR) is 53.2 cm³/mol. The fourth-order valence-corrected chi connectivity index (χ4v) is 1.34. The van der Waals surface area contributed by atoms with Gasteiger partial charge in [0, 0.05) is 11.6 Å². The number of aromatic hydroxyl groups is 1. The molecule has 0 amide bonds. The number of phenols is 1. The van der Waals surface area contributed by atoms with Gasteiger partial charge in [0.2, 0.25) is 0 Å². The first-order valence-corrected chi connectivity index (χ1v) is 4.12. The van der Waals surface area contributed by atoms with Gasteiger partial charge in [0.1, 0.15) is 11.3 Å². The predicted octanol–water partition coefficient (Wildman–Crippen LogP) is -0.380. The molecule has 0 aliphatic rings. The van der Waals surface area contributed by atoms with Crippen LogP contribution in [0.25, 0.3) is 10.9 Å². The van der Waals surface area contributed by atoms with Gasteiger partial charge in [0.15, 0.2) is 0 Å². The number of fused-ring (bicyclic) bond motifs is 1. The Labute approximate surface area is 80.6 Å². The quantitative estimate of drug-likeness (QED) is 0.534. The van der Waals surface area contributed by atoms with E-state index in [0.29, 0.717) is 10.9 Å². The molecule has 0 unspecified atom stereocenters. The highest BCUT2D eigenvalue weighted by atomic mass is 16.4. The third-order valence-electron chi connectivity index (χ3n) is 2.01. The summed E-state index contributed by atoms with van der Waals surface area (Å²) in [7, 11) is -1.58. The second kappa shape index (κ2) is 3.28. The summed E-state index contributed by atoms with van der Waals surface area (Å²) in [6.07, 6.45) is 1.57. The Kier molecular flexibility index (Phi) is 2.11. The molecule has 0 fully saturated rings. The molecule has 1 aromatic carbocycles. The first kappa shape index (κ1) is 8.99. The van der Waals surface area contributed by atoms with E-state index in [0.717, 1.165) is 0 Å². The molecule has 0 bridgehead atoms. The molecule has 4 nitrogen and oxygen atoms in total. The molecule has 1 aromatic heterocycles. The highest BCUT2D eigenvalue weighted by Gasteiger charge is 2.13. The SMILES string of the molecule is OB(O)c1cc(O)c2ncccc2c1. The van der Waals surface area contributed by atoms with E-state index in [1.54, 1.807) is 24.4 Å². The number of hydrogen-bond acceptors (Lipinski definition) is 4. The minimum Gasteiger partial charge on any atom is -0.506 e. The average molecular weight is 189 g/mol. The van der Waals surface area contributed by atoms with Gasteiger partial charge in [-0.25, -0.2) is 0 Å². The summed E-state index contributed by atoms with van der Waals surface area (Å²) in [5.41, 5.74) is 0.708. The molecule has 0 aliphatic carbocycles. The fourth-order valence-electron chi connectivity index (χ4n) is 1.34. The lowest BCUT2D eigenvalue weighted by molar-refractivity contribution is 0.425. The highest BCUT2D eigenvalue weighted by molar-refractivity contribution is 6.59. The van der Waals surface area contributed by atoms with Crippen molar-refractivity contribution in [3.05, 3.63) is 30.5 Å². The molecule has 2 aromatic rings. The van der Waals surface area contributed by atoms with E-state index >= 15 is 0 Å². The Morgan fingerprint density at radius 3 is 2.71 bits per heavy atom. The molecule has 0 aliphatic heterocycles. The molecular weight excluding hydrogens is 181 g/mol. The lowest BCUT2D eigenvalue weighted by Gasteiger charge is -2.03. The van der Waals surface area contributed by atoms with Crippen molar-refractivity contribution >= 4 is 23.5 Å². The Hall–Kier alpha value is -1.59. The van der Waals surface area contributed by atoms with Crippen molar-refractivity contribution in [1.29, 1.82) is 0 Å². The van der Waals surface area contributed by atoms with Gasteiger partial charge in [-0.3, -0.25) is 4.98 Å². The van der Waals surface area contributed by atoms with Crippen LogP contribution >= 0.6 is 0 Å². The zero-order valence-corrected chi connectivity index (χ0v) is 7.25. The van der Waals surface area contributed by atoms with Crippen molar-refractivity contribution in [2.75, 3.05) is 0 Å². The molecule has 0 spiro atoms. The standard InChI is InChI=1S/C9H8BNO3/c12-8-5-7(10(13)14)4-6-2-1-3-11-9(6)8/h1-5,12-14H. The maximum Gasteiger partial charge on any atom is 0.488 e. The van der Waals surface area contributed by atoms with E-state index in [1.807, 2.05) is 0 Å². The van der Waals surface area contributed by atoms with Crippen LogP contribution in [0.15, 0.2) is 30.5 Å². The van der Waals surface area contributed by atoms with Gasteiger partial charge in [0.25, 0.3) is 0 Å². The van der Waals surface area contributed by atoms with E-state index in [4.69, 9.17) is 10.0 Å². The molecule has 0 saturated carbocycles. The number of rotatable bonds is 1. The molecule has 14 heavy (non-hydrogen) atoms. The number of benzene rings is 1. The average Bonchev–Trinajstić information content (AvgIpc) is 2.17. The fraction of sp³-hybridized carbons (Fsp3) is 0. The van der Waals surface area contributed by atoms with E-state index < -0.39 is 7.12 Å². The summed E-state index contributed by atoms with van der Waals surface area (Å²) < 4.78 is 0. The number of pyridine rings is 1. The van der Waals surface area contributed by atoms with Crippen molar-refractivity contribution in [3.8, 4) is 5.75 Å². The van der Waals surface area contributed by atoms with Crippen molar-refractivity contribution in [2.45, 2.75) is 0 Å². The molecular formula is C9H8BNO3. The van der Waals surface area contributed by atoms with Crippen LogP contribution in [0.5, 0.6) is 5.75 Å². The number of nitrogens with zero attached hydrogens (tertiary/aromatic N) is 1. The minimum absolute atomic E-state index is 0.0498. The van der Waals surface area contributed by atoms with Gasteiger partial charge in [-0.1, -0.05) is 12.1 Å². The van der Waals surface area contributed by atoms with Gasteiger partial charge < -0.3 is 15.2 Å². The van der Waals surface area contributed by atoms with Crippen LogP contribution in [0.3, 0.4) is 0 Å².